The van der Waals surface area contributed by atoms with E-state index in [2.05, 4.69) is 4.90 Å². The van der Waals surface area contributed by atoms with Gasteiger partial charge in [-0.25, -0.2) is 9.78 Å². The summed E-state index contributed by atoms with van der Waals surface area (Å²) in [5.74, 6) is 1.52. The zero-order chi connectivity index (χ0) is 34.7. The Morgan fingerprint density at radius 3 is 2.08 bits per heavy atom. The molecule has 3 aliphatic rings. The van der Waals surface area contributed by atoms with Gasteiger partial charge in [0.1, 0.15) is 17.7 Å². The number of nitrogens with zero attached hydrogens (tertiary/aromatic N) is 7. The van der Waals surface area contributed by atoms with Gasteiger partial charge in [-0.05, 0) is 42.3 Å². The highest BCUT2D eigenvalue weighted by molar-refractivity contribution is 6.30. The van der Waals surface area contributed by atoms with Crippen LogP contribution in [0.4, 0.5) is 4.79 Å². The topological polar surface area (TPSA) is 104 Å². The Bertz CT molecular complexity index is 1670. The van der Waals surface area contributed by atoms with Crippen molar-refractivity contribution in [2.45, 2.75) is 45.2 Å². The Kier molecular flexibility index (Phi) is 10.7. The number of ether oxygens (including phenoxy) is 2. The first-order valence-electron chi connectivity index (χ1n) is 16.8. The van der Waals surface area contributed by atoms with Gasteiger partial charge in [0.05, 0.1) is 38.0 Å². The maximum absolute atomic E-state index is 14.9. The number of amidine groups is 1. The molecule has 4 heterocycles. The lowest BCUT2D eigenvalue weighted by Gasteiger charge is -2.39. The number of carbonyl (C=O) groups is 2. The first-order valence-corrected chi connectivity index (χ1v) is 17.5. The summed E-state index contributed by atoms with van der Waals surface area (Å²) >= 11 is 12.6. The van der Waals surface area contributed by atoms with E-state index in [0.29, 0.717) is 98.8 Å². The van der Waals surface area contributed by atoms with E-state index < -0.39 is 12.1 Å². The maximum Gasteiger partial charge on any atom is 0.326 e. The number of hydrogen-bond acceptors (Lipinski definition) is 8. The number of aromatic nitrogens is 2. The molecular weight excluding hydrogens is 665 g/mol. The molecule has 2 atom stereocenters. The van der Waals surface area contributed by atoms with Crippen molar-refractivity contribution in [3.63, 3.8) is 0 Å². The number of amides is 3. The van der Waals surface area contributed by atoms with E-state index in [1.54, 1.807) is 11.1 Å². The molecule has 0 saturated carbocycles. The lowest BCUT2D eigenvalue weighted by Crippen LogP contribution is -2.56. The van der Waals surface area contributed by atoms with Crippen LogP contribution >= 0.6 is 23.2 Å². The van der Waals surface area contributed by atoms with Gasteiger partial charge in [-0.15, -0.1) is 0 Å². The summed E-state index contributed by atoms with van der Waals surface area (Å²) in [5, 5.41) is 1.20. The molecule has 0 bridgehead atoms. The average molecular weight is 709 g/mol. The van der Waals surface area contributed by atoms with Crippen molar-refractivity contribution in [1.82, 2.24) is 29.6 Å². The number of rotatable bonds is 7. The van der Waals surface area contributed by atoms with Crippen LogP contribution in [0.25, 0.3) is 0 Å². The monoisotopic (exact) mass is 707 g/mol. The third-order valence-corrected chi connectivity index (χ3v) is 9.51. The van der Waals surface area contributed by atoms with Crippen LogP contribution in [0.15, 0.2) is 59.7 Å². The lowest BCUT2D eigenvalue weighted by atomic mass is 9.93. The number of halogens is 2. The summed E-state index contributed by atoms with van der Waals surface area (Å²) in [7, 11) is 0. The second kappa shape index (κ2) is 15.0. The second-order valence-corrected chi connectivity index (χ2v) is 14.3. The minimum absolute atomic E-state index is 0.0906. The molecule has 1 aromatic heterocycles. The van der Waals surface area contributed by atoms with E-state index in [-0.39, 0.29) is 17.4 Å². The van der Waals surface area contributed by atoms with Gasteiger partial charge in [-0.3, -0.25) is 19.6 Å². The number of benzene rings is 2. The molecule has 0 aliphatic carbocycles. The van der Waals surface area contributed by atoms with Crippen LogP contribution in [-0.4, -0.2) is 113 Å². The fraction of sp³-hybridized carbons (Fsp3) is 0.472. The SMILES string of the molecule is CCOc1nc(C(C)(C)C)ncc1C1=NC(c2ccc(Cl)cc2)C(c2ccc(Cl)cc2)N1C(=O)N1CCN(CC(=O)N2CCOCC2)CC1. The molecule has 2 unspecified atom stereocenters. The third kappa shape index (κ3) is 7.85. The maximum atomic E-state index is 14.9. The van der Waals surface area contributed by atoms with Crippen LogP contribution < -0.4 is 4.74 Å². The predicted octanol–water partition coefficient (Wildman–Crippen LogP) is 5.62. The van der Waals surface area contributed by atoms with Crippen LogP contribution in [0, 0.1) is 0 Å². The minimum atomic E-state index is -0.515. The van der Waals surface area contributed by atoms with Gasteiger partial charge in [-0.1, -0.05) is 68.2 Å². The third-order valence-electron chi connectivity index (χ3n) is 9.01. The first kappa shape index (κ1) is 35.1. The van der Waals surface area contributed by atoms with Gasteiger partial charge in [0.25, 0.3) is 0 Å². The zero-order valence-corrected chi connectivity index (χ0v) is 30.0. The molecule has 6 rings (SSSR count). The van der Waals surface area contributed by atoms with Crippen molar-refractivity contribution in [2.24, 2.45) is 4.99 Å². The number of urea groups is 1. The summed E-state index contributed by atoms with van der Waals surface area (Å²) in [4.78, 5) is 50.2. The Labute approximate surface area is 297 Å². The lowest BCUT2D eigenvalue weighted by molar-refractivity contribution is -0.136. The van der Waals surface area contributed by atoms with Gasteiger partial charge in [-0.2, -0.15) is 4.98 Å². The van der Waals surface area contributed by atoms with Gasteiger partial charge in [0.15, 0.2) is 0 Å². The zero-order valence-electron chi connectivity index (χ0n) is 28.4. The highest BCUT2D eigenvalue weighted by Gasteiger charge is 2.45. The van der Waals surface area contributed by atoms with E-state index >= 15 is 0 Å². The Balaban J connectivity index is 1.37. The van der Waals surface area contributed by atoms with Crippen LogP contribution in [0.1, 0.15) is 62.3 Å². The van der Waals surface area contributed by atoms with Gasteiger partial charge in [0, 0.05) is 60.9 Å². The highest BCUT2D eigenvalue weighted by Crippen LogP contribution is 2.45. The fourth-order valence-corrected chi connectivity index (χ4v) is 6.59. The van der Waals surface area contributed by atoms with Crippen molar-refractivity contribution in [3.8, 4) is 5.88 Å². The molecule has 0 N–H and O–H groups in total. The molecule has 260 valence electrons. The molecule has 49 heavy (non-hydrogen) atoms. The molecule has 2 fully saturated rings. The molecule has 3 aromatic rings. The van der Waals surface area contributed by atoms with E-state index in [1.807, 2.05) is 86.0 Å². The molecule has 2 saturated heterocycles. The summed E-state index contributed by atoms with van der Waals surface area (Å²) < 4.78 is 11.5. The number of piperazine rings is 1. The van der Waals surface area contributed by atoms with E-state index in [9.17, 15) is 9.59 Å². The largest absolute Gasteiger partial charge is 0.477 e. The van der Waals surface area contributed by atoms with Crippen LogP contribution in [0.5, 0.6) is 5.88 Å². The number of hydrogen-bond donors (Lipinski definition) is 0. The minimum Gasteiger partial charge on any atom is -0.477 e. The fourth-order valence-electron chi connectivity index (χ4n) is 6.34. The van der Waals surface area contributed by atoms with E-state index in [4.69, 9.17) is 47.6 Å². The van der Waals surface area contributed by atoms with Crippen LogP contribution in [0.2, 0.25) is 10.0 Å². The van der Waals surface area contributed by atoms with Crippen molar-refractivity contribution < 1.29 is 19.1 Å². The van der Waals surface area contributed by atoms with Crippen molar-refractivity contribution in [2.75, 3.05) is 65.6 Å². The summed E-state index contributed by atoms with van der Waals surface area (Å²) in [6.45, 7) is 13.1. The van der Waals surface area contributed by atoms with Crippen molar-refractivity contribution in [3.05, 3.63) is 87.3 Å². The van der Waals surface area contributed by atoms with Gasteiger partial charge < -0.3 is 19.3 Å². The second-order valence-electron chi connectivity index (χ2n) is 13.4. The van der Waals surface area contributed by atoms with E-state index in [0.717, 1.165) is 11.1 Å². The van der Waals surface area contributed by atoms with Crippen molar-refractivity contribution >= 4 is 41.0 Å². The molecule has 3 amide bonds. The van der Waals surface area contributed by atoms with Crippen LogP contribution in [0.3, 0.4) is 0 Å². The summed E-state index contributed by atoms with van der Waals surface area (Å²) in [5.41, 5.74) is 1.98. The van der Waals surface area contributed by atoms with Gasteiger partial charge >= 0.3 is 6.03 Å². The van der Waals surface area contributed by atoms with Gasteiger partial charge in [0.2, 0.25) is 11.8 Å². The average Bonchev–Trinajstić information content (AvgIpc) is 3.49. The summed E-state index contributed by atoms with van der Waals surface area (Å²) in [6.07, 6.45) is 1.72. The molecule has 0 radical (unpaired) electrons. The predicted molar refractivity (Wildman–Crippen MR) is 189 cm³/mol. The molecular formula is C36H43Cl2N7O4. The number of carbonyl (C=O) groups excluding carboxylic acids is 2. The Morgan fingerprint density at radius 2 is 1.49 bits per heavy atom. The quantitative estimate of drug-likeness (QED) is 0.314. The smallest absolute Gasteiger partial charge is 0.326 e. The molecule has 0 spiro atoms. The highest BCUT2D eigenvalue weighted by atomic mass is 35.5. The normalized spacial score (nSPS) is 20.4. The van der Waals surface area contributed by atoms with Crippen molar-refractivity contribution in [1.29, 1.82) is 0 Å². The number of aliphatic imine (C=N–C) groups is 1. The summed E-state index contributed by atoms with van der Waals surface area (Å²) in [6, 6.07) is 13.9. The molecule has 13 heteroatoms. The standard InChI is InChI=1S/C36H43Cl2N7O4/c1-5-49-33-28(22-39-34(41-33)36(2,3)4)32-40-30(24-6-10-26(37)11-7-24)31(25-8-12-27(38)13-9-25)45(32)35(47)44-16-14-42(15-17-44)23-29(46)43-18-20-48-21-19-43/h6-13,22,30-31H,5,14-21,23H2,1-4H3. The van der Waals surface area contributed by atoms with E-state index in [1.165, 1.54) is 0 Å². The Morgan fingerprint density at radius 1 is 0.878 bits per heavy atom. The molecule has 3 aliphatic heterocycles. The van der Waals surface area contributed by atoms with Crippen LogP contribution in [-0.2, 0) is 14.9 Å². The molecule has 11 nitrogen and oxygen atoms in total. The first-order chi connectivity index (χ1) is 23.5. The number of morpholine rings is 1. The Hall–Kier alpha value is -3.77. The molecule has 2 aromatic carbocycles.